The van der Waals surface area contributed by atoms with Crippen molar-refractivity contribution in [1.29, 1.82) is 0 Å². The standard InChI is InChI=1S/C24H20O5/c1-27-16-9-6-14(7-10-16)21-17-4-2-3-5-18(17)22(23(21)24(25)26)15-8-11-19-20(12-15)29-13-28-19/h2-12,21-23H,13H2,1H3,(H,25,26)/t21-,22+,23+/m0/s1. The molecule has 3 atom stereocenters. The molecular formula is C24H20O5. The van der Waals surface area contributed by atoms with E-state index in [4.69, 9.17) is 14.2 Å². The number of ether oxygens (including phenoxy) is 3. The van der Waals surface area contributed by atoms with Gasteiger partial charge in [-0.3, -0.25) is 4.79 Å². The molecule has 1 N–H and O–H groups in total. The lowest BCUT2D eigenvalue weighted by atomic mass is 9.79. The molecule has 0 fully saturated rings. The Kier molecular flexibility index (Phi) is 4.16. The van der Waals surface area contributed by atoms with Crippen LogP contribution in [0.3, 0.4) is 0 Å². The molecule has 0 radical (unpaired) electrons. The van der Waals surface area contributed by atoms with E-state index in [0.29, 0.717) is 11.5 Å². The molecule has 5 nitrogen and oxygen atoms in total. The largest absolute Gasteiger partial charge is 0.497 e. The minimum Gasteiger partial charge on any atom is -0.497 e. The fourth-order valence-corrected chi connectivity index (χ4v) is 4.63. The average Bonchev–Trinajstić information content (AvgIpc) is 3.35. The highest BCUT2D eigenvalue weighted by Crippen LogP contribution is 2.53. The van der Waals surface area contributed by atoms with Crippen molar-refractivity contribution < 1.29 is 24.1 Å². The van der Waals surface area contributed by atoms with Gasteiger partial charge in [0.1, 0.15) is 5.75 Å². The minimum atomic E-state index is -0.815. The van der Waals surface area contributed by atoms with Gasteiger partial charge >= 0.3 is 5.97 Å². The highest BCUT2D eigenvalue weighted by molar-refractivity contribution is 5.78. The number of carbonyl (C=O) groups is 1. The van der Waals surface area contributed by atoms with Gasteiger partial charge in [-0.05, 0) is 46.5 Å². The Labute approximate surface area is 168 Å². The third-order valence-electron chi connectivity index (χ3n) is 5.90. The second-order valence-electron chi connectivity index (χ2n) is 7.33. The number of benzene rings is 3. The predicted molar refractivity (Wildman–Crippen MR) is 107 cm³/mol. The van der Waals surface area contributed by atoms with Gasteiger partial charge in [0.25, 0.3) is 0 Å². The van der Waals surface area contributed by atoms with Gasteiger partial charge in [-0.2, -0.15) is 0 Å². The summed E-state index contributed by atoms with van der Waals surface area (Å²) in [5, 5.41) is 10.3. The molecule has 5 rings (SSSR count). The zero-order chi connectivity index (χ0) is 20.0. The number of fused-ring (bicyclic) bond motifs is 2. The van der Waals surface area contributed by atoms with E-state index >= 15 is 0 Å². The van der Waals surface area contributed by atoms with E-state index < -0.39 is 11.9 Å². The first-order valence-electron chi connectivity index (χ1n) is 9.52. The first-order chi connectivity index (χ1) is 14.2. The molecule has 1 aliphatic carbocycles. The van der Waals surface area contributed by atoms with Crippen LogP contribution in [0.25, 0.3) is 0 Å². The minimum absolute atomic E-state index is 0.191. The molecule has 0 amide bonds. The fourth-order valence-electron chi connectivity index (χ4n) is 4.63. The van der Waals surface area contributed by atoms with Gasteiger partial charge in [-0.25, -0.2) is 0 Å². The number of methoxy groups -OCH3 is 1. The van der Waals surface area contributed by atoms with Crippen LogP contribution in [-0.2, 0) is 4.79 Å². The van der Waals surface area contributed by atoms with Crippen molar-refractivity contribution in [3.05, 3.63) is 89.0 Å². The van der Waals surface area contributed by atoms with Gasteiger partial charge in [0.15, 0.2) is 11.5 Å². The van der Waals surface area contributed by atoms with Crippen LogP contribution in [0.1, 0.15) is 34.1 Å². The lowest BCUT2D eigenvalue weighted by Gasteiger charge is -2.23. The number of hydrogen-bond acceptors (Lipinski definition) is 4. The summed E-state index contributed by atoms with van der Waals surface area (Å²) in [4.78, 5) is 12.5. The van der Waals surface area contributed by atoms with Gasteiger partial charge in [-0.1, -0.05) is 42.5 Å². The smallest absolute Gasteiger partial charge is 0.308 e. The summed E-state index contributed by atoms with van der Waals surface area (Å²) in [6.45, 7) is 0.191. The molecule has 3 aromatic rings. The maximum absolute atomic E-state index is 12.5. The number of hydrogen-bond donors (Lipinski definition) is 1. The van der Waals surface area contributed by atoms with E-state index in [2.05, 4.69) is 0 Å². The Hall–Kier alpha value is -3.47. The molecule has 3 aromatic carbocycles. The molecular weight excluding hydrogens is 368 g/mol. The zero-order valence-corrected chi connectivity index (χ0v) is 15.9. The van der Waals surface area contributed by atoms with Crippen molar-refractivity contribution in [2.75, 3.05) is 13.9 Å². The van der Waals surface area contributed by atoms with Gasteiger partial charge in [-0.15, -0.1) is 0 Å². The second-order valence-corrected chi connectivity index (χ2v) is 7.33. The molecule has 29 heavy (non-hydrogen) atoms. The number of carboxylic acids is 1. The molecule has 0 spiro atoms. The second kappa shape index (κ2) is 6.85. The molecule has 146 valence electrons. The van der Waals surface area contributed by atoms with Gasteiger partial charge in [0.2, 0.25) is 6.79 Å². The van der Waals surface area contributed by atoms with Gasteiger partial charge in [0, 0.05) is 11.8 Å². The van der Waals surface area contributed by atoms with Crippen LogP contribution in [0, 0.1) is 5.92 Å². The summed E-state index contributed by atoms with van der Waals surface area (Å²) >= 11 is 0. The summed E-state index contributed by atoms with van der Waals surface area (Å²) < 4.78 is 16.2. The average molecular weight is 388 g/mol. The fraction of sp³-hybridized carbons (Fsp3) is 0.208. The summed E-state index contributed by atoms with van der Waals surface area (Å²) in [6, 6.07) is 21.4. The van der Waals surface area contributed by atoms with Gasteiger partial charge in [0.05, 0.1) is 13.0 Å². The topological polar surface area (TPSA) is 65.0 Å². The molecule has 1 aliphatic heterocycles. The van der Waals surface area contributed by atoms with Crippen molar-refractivity contribution in [3.63, 3.8) is 0 Å². The third kappa shape index (κ3) is 2.81. The quantitative estimate of drug-likeness (QED) is 0.718. The molecule has 0 bridgehead atoms. The Balaban J connectivity index is 1.66. The van der Waals surface area contributed by atoms with Crippen LogP contribution >= 0.6 is 0 Å². The summed E-state index contributed by atoms with van der Waals surface area (Å²) in [5.41, 5.74) is 3.98. The summed E-state index contributed by atoms with van der Waals surface area (Å²) in [7, 11) is 1.62. The van der Waals surface area contributed by atoms with Crippen LogP contribution in [-0.4, -0.2) is 25.0 Å². The van der Waals surface area contributed by atoms with Crippen LogP contribution in [0.15, 0.2) is 66.7 Å². The maximum atomic E-state index is 12.5. The molecule has 2 aliphatic rings. The summed E-state index contributed by atoms with van der Waals surface area (Å²) in [5.74, 6) is 0.149. The highest BCUT2D eigenvalue weighted by Gasteiger charge is 2.46. The Morgan fingerprint density at radius 2 is 1.52 bits per heavy atom. The van der Waals surface area contributed by atoms with Gasteiger partial charge < -0.3 is 19.3 Å². The third-order valence-corrected chi connectivity index (χ3v) is 5.90. The van der Waals surface area contributed by atoms with E-state index in [9.17, 15) is 9.90 Å². The van der Waals surface area contributed by atoms with E-state index in [1.807, 2.05) is 66.7 Å². The van der Waals surface area contributed by atoms with Crippen LogP contribution < -0.4 is 14.2 Å². The van der Waals surface area contributed by atoms with Crippen molar-refractivity contribution in [2.24, 2.45) is 5.92 Å². The number of aliphatic carboxylic acids is 1. The molecule has 0 saturated heterocycles. The maximum Gasteiger partial charge on any atom is 0.308 e. The van der Waals surface area contributed by atoms with Crippen LogP contribution in [0.5, 0.6) is 17.2 Å². The Morgan fingerprint density at radius 1 is 0.897 bits per heavy atom. The number of carboxylic acid groups (broad SMARTS) is 1. The summed E-state index contributed by atoms with van der Waals surface area (Å²) in [6.07, 6.45) is 0. The van der Waals surface area contributed by atoms with E-state index in [-0.39, 0.29) is 18.6 Å². The molecule has 0 aromatic heterocycles. The highest BCUT2D eigenvalue weighted by atomic mass is 16.7. The van der Waals surface area contributed by atoms with E-state index in [0.717, 1.165) is 28.0 Å². The van der Waals surface area contributed by atoms with Crippen LogP contribution in [0.2, 0.25) is 0 Å². The van der Waals surface area contributed by atoms with Crippen molar-refractivity contribution in [1.82, 2.24) is 0 Å². The molecule has 0 saturated carbocycles. The predicted octanol–water partition coefficient (Wildman–Crippen LogP) is 4.40. The normalized spacial score (nSPS) is 21.6. The van der Waals surface area contributed by atoms with E-state index in [1.54, 1.807) is 7.11 Å². The Bertz CT molecular complexity index is 1070. The number of rotatable bonds is 4. The van der Waals surface area contributed by atoms with Crippen molar-refractivity contribution in [2.45, 2.75) is 11.8 Å². The van der Waals surface area contributed by atoms with Crippen molar-refractivity contribution in [3.8, 4) is 17.2 Å². The first kappa shape index (κ1) is 17.6. The lowest BCUT2D eigenvalue weighted by molar-refractivity contribution is -0.142. The SMILES string of the molecule is COc1ccc([C@H]2c3ccccc3[C@@H](c3ccc4c(c3)OCO4)[C@@H]2C(=O)O)cc1. The first-order valence-corrected chi connectivity index (χ1v) is 9.52. The van der Waals surface area contributed by atoms with Crippen LogP contribution in [0.4, 0.5) is 0 Å². The molecule has 5 heteroatoms. The molecule has 0 unspecified atom stereocenters. The molecule has 1 heterocycles. The zero-order valence-electron chi connectivity index (χ0n) is 15.9. The Morgan fingerprint density at radius 3 is 2.17 bits per heavy atom. The van der Waals surface area contributed by atoms with E-state index in [1.165, 1.54) is 0 Å². The van der Waals surface area contributed by atoms with Crippen molar-refractivity contribution >= 4 is 5.97 Å². The lowest BCUT2D eigenvalue weighted by Crippen LogP contribution is -2.23. The monoisotopic (exact) mass is 388 g/mol.